The SMILES string of the molecule is Brc1cnn2cc(-c3ccc(OCCN4CCCCC4)cn3)cnc12. The first-order valence-electron chi connectivity index (χ1n) is 8.60. The number of nitrogens with zero attached hydrogens (tertiary/aromatic N) is 5. The average molecular weight is 402 g/mol. The number of hydrogen-bond donors (Lipinski definition) is 0. The summed E-state index contributed by atoms with van der Waals surface area (Å²) in [5, 5.41) is 4.26. The van der Waals surface area contributed by atoms with E-state index < -0.39 is 0 Å². The van der Waals surface area contributed by atoms with E-state index in [1.165, 1.54) is 32.4 Å². The summed E-state index contributed by atoms with van der Waals surface area (Å²) >= 11 is 3.43. The smallest absolute Gasteiger partial charge is 0.169 e. The highest BCUT2D eigenvalue weighted by molar-refractivity contribution is 9.10. The first-order valence-corrected chi connectivity index (χ1v) is 9.39. The van der Waals surface area contributed by atoms with Gasteiger partial charge in [-0.25, -0.2) is 9.50 Å². The average Bonchev–Trinajstić information content (AvgIpc) is 3.04. The number of halogens is 1. The molecule has 6 nitrogen and oxygen atoms in total. The van der Waals surface area contributed by atoms with E-state index in [0.717, 1.165) is 33.7 Å². The normalized spacial score (nSPS) is 15.6. The van der Waals surface area contributed by atoms with Gasteiger partial charge in [-0.15, -0.1) is 0 Å². The van der Waals surface area contributed by atoms with Gasteiger partial charge in [-0.2, -0.15) is 5.10 Å². The first kappa shape index (κ1) is 16.5. The monoisotopic (exact) mass is 401 g/mol. The van der Waals surface area contributed by atoms with Crippen molar-refractivity contribution in [3.05, 3.63) is 41.4 Å². The molecular weight excluding hydrogens is 382 g/mol. The fraction of sp³-hybridized carbons (Fsp3) is 0.389. The number of piperidine rings is 1. The Balaban J connectivity index is 1.38. The molecular formula is C18H20BrN5O. The van der Waals surface area contributed by atoms with E-state index in [-0.39, 0.29) is 0 Å². The van der Waals surface area contributed by atoms with Crippen molar-refractivity contribution in [3.8, 4) is 17.0 Å². The number of pyridine rings is 1. The Morgan fingerprint density at radius 1 is 1.04 bits per heavy atom. The second kappa shape index (κ2) is 7.49. The zero-order valence-corrected chi connectivity index (χ0v) is 15.5. The van der Waals surface area contributed by atoms with E-state index >= 15 is 0 Å². The van der Waals surface area contributed by atoms with Crippen molar-refractivity contribution in [1.29, 1.82) is 0 Å². The molecule has 25 heavy (non-hydrogen) atoms. The molecule has 0 unspecified atom stereocenters. The van der Waals surface area contributed by atoms with Gasteiger partial charge in [0.2, 0.25) is 0 Å². The molecule has 1 saturated heterocycles. The minimum atomic E-state index is 0.704. The number of likely N-dealkylation sites (tertiary alicyclic amines) is 1. The molecule has 4 rings (SSSR count). The maximum atomic E-state index is 5.83. The molecule has 0 saturated carbocycles. The minimum Gasteiger partial charge on any atom is -0.491 e. The molecule has 0 aromatic carbocycles. The van der Waals surface area contributed by atoms with Gasteiger partial charge in [-0.05, 0) is 54.0 Å². The van der Waals surface area contributed by atoms with E-state index in [9.17, 15) is 0 Å². The van der Waals surface area contributed by atoms with Crippen molar-refractivity contribution in [1.82, 2.24) is 24.5 Å². The van der Waals surface area contributed by atoms with Crippen LogP contribution in [0.1, 0.15) is 19.3 Å². The third-order valence-corrected chi connectivity index (χ3v) is 5.03. The molecule has 3 aromatic rings. The predicted octanol–water partition coefficient (Wildman–Crippen LogP) is 3.42. The maximum absolute atomic E-state index is 5.83. The highest BCUT2D eigenvalue weighted by Gasteiger charge is 2.10. The van der Waals surface area contributed by atoms with E-state index in [1.807, 2.05) is 18.3 Å². The molecule has 4 heterocycles. The molecule has 1 aliphatic rings. The summed E-state index contributed by atoms with van der Waals surface area (Å²) in [4.78, 5) is 11.4. The first-order chi connectivity index (χ1) is 12.3. The van der Waals surface area contributed by atoms with Crippen molar-refractivity contribution < 1.29 is 4.74 Å². The standard InChI is InChI=1S/C18H20BrN5O/c19-16-12-22-24-13-14(10-21-18(16)24)17-5-4-15(11-20-17)25-9-8-23-6-2-1-3-7-23/h4-5,10-13H,1-3,6-9H2. The molecule has 3 aromatic heterocycles. The van der Waals surface area contributed by atoms with Crippen molar-refractivity contribution in [2.45, 2.75) is 19.3 Å². The zero-order chi connectivity index (χ0) is 17.1. The zero-order valence-electron chi connectivity index (χ0n) is 13.9. The van der Waals surface area contributed by atoms with Crippen LogP contribution in [0.4, 0.5) is 0 Å². The van der Waals surface area contributed by atoms with Gasteiger partial charge in [0.25, 0.3) is 0 Å². The Bertz CT molecular complexity index is 842. The molecule has 0 amide bonds. The Morgan fingerprint density at radius 3 is 2.72 bits per heavy atom. The summed E-state index contributed by atoms with van der Waals surface area (Å²) in [6.07, 6.45) is 11.2. The van der Waals surface area contributed by atoms with E-state index in [2.05, 4.69) is 35.9 Å². The largest absolute Gasteiger partial charge is 0.491 e. The lowest BCUT2D eigenvalue weighted by Crippen LogP contribution is -2.33. The summed E-state index contributed by atoms with van der Waals surface area (Å²) in [6.45, 7) is 4.07. The number of aromatic nitrogens is 4. The molecule has 0 N–H and O–H groups in total. The molecule has 0 spiro atoms. The van der Waals surface area contributed by atoms with Crippen LogP contribution < -0.4 is 4.74 Å². The molecule has 0 bridgehead atoms. The van der Waals surface area contributed by atoms with Gasteiger partial charge < -0.3 is 4.74 Å². The molecule has 0 radical (unpaired) electrons. The second-order valence-electron chi connectivity index (χ2n) is 6.23. The van der Waals surface area contributed by atoms with Crippen LogP contribution in [0.15, 0.2) is 41.4 Å². The Kier molecular flexibility index (Phi) is 4.94. The van der Waals surface area contributed by atoms with Crippen LogP contribution in [-0.4, -0.2) is 50.7 Å². The third kappa shape index (κ3) is 3.82. The second-order valence-corrected chi connectivity index (χ2v) is 7.09. The number of fused-ring (bicyclic) bond motifs is 1. The minimum absolute atomic E-state index is 0.704. The van der Waals surface area contributed by atoms with Crippen LogP contribution >= 0.6 is 15.9 Å². The molecule has 1 fully saturated rings. The lowest BCUT2D eigenvalue weighted by molar-refractivity contribution is 0.183. The van der Waals surface area contributed by atoms with E-state index in [0.29, 0.717) is 6.61 Å². The van der Waals surface area contributed by atoms with Crippen LogP contribution in [0, 0.1) is 0 Å². The number of rotatable bonds is 5. The maximum Gasteiger partial charge on any atom is 0.169 e. The molecule has 7 heteroatoms. The Hall–Kier alpha value is -1.99. The van der Waals surface area contributed by atoms with Gasteiger partial charge in [0, 0.05) is 24.5 Å². The summed E-state index contributed by atoms with van der Waals surface area (Å²) in [6, 6.07) is 3.92. The van der Waals surface area contributed by atoms with Gasteiger partial charge >= 0.3 is 0 Å². The summed E-state index contributed by atoms with van der Waals surface area (Å²) in [5.74, 6) is 0.802. The van der Waals surface area contributed by atoms with Crippen molar-refractivity contribution >= 4 is 21.6 Å². The van der Waals surface area contributed by atoms with Gasteiger partial charge in [0.1, 0.15) is 12.4 Å². The van der Waals surface area contributed by atoms with Crippen LogP contribution in [0.2, 0.25) is 0 Å². The topological polar surface area (TPSA) is 55.6 Å². The van der Waals surface area contributed by atoms with E-state index in [1.54, 1.807) is 23.1 Å². The van der Waals surface area contributed by atoms with E-state index in [4.69, 9.17) is 4.74 Å². The van der Waals surface area contributed by atoms with Crippen LogP contribution in [0.25, 0.3) is 16.9 Å². The van der Waals surface area contributed by atoms with Crippen LogP contribution in [0.5, 0.6) is 5.75 Å². The molecule has 130 valence electrons. The molecule has 0 aliphatic carbocycles. The highest BCUT2D eigenvalue weighted by atomic mass is 79.9. The van der Waals surface area contributed by atoms with Crippen LogP contribution in [0.3, 0.4) is 0 Å². The summed E-state index contributed by atoms with van der Waals surface area (Å²) < 4.78 is 8.45. The van der Waals surface area contributed by atoms with Gasteiger partial charge in [-0.1, -0.05) is 6.42 Å². The van der Waals surface area contributed by atoms with Crippen molar-refractivity contribution in [2.24, 2.45) is 0 Å². The van der Waals surface area contributed by atoms with Gasteiger partial charge in [0.05, 0.1) is 22.6 Å². The Labute approximate surface area is 155 Å². The van der Waals surface area contributed by atoms with Crippen LogP contribution in [-0.2, 0) is 0 Å². The lowest BCUT2D eigenvalue weighted by Gasteiger charge is -2.26. The number of ether oxygens (including phenoxy) is 1. The quantitative estimate of drug-likeness (QED) is 0.655. The number of hydrogen-bond acceptors (Lipinski definition) is 5. The lowest BCUT2D eigenvalue weighted by atomic mass is 10.1. The fourth-order valence-corrected chi connectivity index (χ4v) is 3.47. The summed E-state index contributed by atoms with van der Waals surface area (Å²) in [7, 11) is 0. The fourth-order valence-electron chi connectivity index (χ4n) is 3.09. The van der Waals surface area contributed by atoms with Gasteiger partial charge in [0.15, 0.2) is 5.65 Å². The predicted molar refractivity (Wildman–Crippen MR) is 99.7 cm³/mol. The van der Waals surface area contributed by atoms with Gasteiger partial charge in [-0.3, -0.25) is 9.88 Å². The van der Waals surface area contributed by atoms with Crippen molar-refractivity contribution in [2.75, 3.05) is 26.2 Å². The van der Waals surface area contributed by atoms with Crippen molar-refractivity contribution in [3.63, 3.8) is 0 Å². The Morgan fingerprint density at radius 2 is 1.92 bits per heavy atom. The highest BCUT2D eigenvalue weighted by Crippen LogP contribution is 2.21. The molecule has 0 atom stereocenters. The molecule has 1 aliphatic heterocycles. The third-order valence-electron chi connectivity index (χ3n) is 4.47. The summed E-state index contributed by atoms with van der Waals surface area (Å²) in [5.41, 5.74) is 2.56.